The number of nitrogens with zero attached hydrogens (tertiary/aromatic N) is 2. The van der Waals surface area contributed by atoms with Crippen LogP contribution < -0.4 is 4.74 Å². The number of ether oxygens (including phenoxy) is 1. The van der Waals surface area contributed by atoms with E-state index in [2.05, 4.69) is 0 Å². The Bertz CT molecular complexity index is 702. The van der Waals surface area contributed by atoms with Gasteiger partial charge >= 0.3 is 0 Å². The zero-order valence-electron chi connectivity index (χ0n) is 15.9. The molecule has 0 N–H and O–H groups in total. The van der Waals surface area contributed by atoms with Crippen molar-refractivity contribution >= 4 is 15.9 Å². The zero-order chi connectivity index (χ0) is 19.1. The summed E-state index contributed by atoms with van der Waals surface area (Å²) in [6, 6.07) is 6.43. The first-order valence-corrected chi connectivity index (χ1v) is 11.5. The third kappa shape index (κ3) is 5.45. The Kier molecular flexibility index (Phi) is 7.13. The maximum atomic E-state index is 12.8. The van der Waals surface area contributed by atoms with Crippen LogP contribution in [-0.4, -0.2) is 56.3 Å². The monoisotopic (exact) mass is 394 g/mol. The van der Waals surface area contributed by atoms with Gasteiger partial charge in [-0.15, -0.1) is 0 Å². The Morgan fingerprint density at radius 1 is 0.815 bits per heavy atom. The van der Waals surface area contributed by atoms with Crippen LogP contribution in [0.25, 0.3) is 0 Å². The van der Waals surface area contributed by atoms with E-state index in [1.807, 2.05) is 4.90 Å². The summed E-state index contributed by atoms with van der Waals surface area (Å²) in [7, 11) is -3.45. The fourth-order valence-corrected chi connectivity index (χ4v) is 5.21. The second-order valence-electron chi connectivity index (χ2n) is 7.37. The Labute approximate surface area is 162 Å². The topological polar surface area (TPSA) is 66.9 Å². The number of sulfonamides is 1. The molecule has 3 rings (SSSR count). The van der Waals surface area contributed by atoms with E-state index < -0.39 is 10.0 Å². The maximum absolute atomic E-state index is 12.8. The molecule has 1 aromatic rings. The van der Waals surface area contributed by atoms with Gasteiger partial charge in [-0.1, -0.05) is 25.7 Å². The third-order valence-electron chi connectivity index (χ3n) is 5.35. The van der Waals surface area contributed by atoms with Gasteiger partial charge in [0.2, 0.25) is 10.0 Å². The number of hydrogen-bond acceptors (Lipinski definition) is 4. The first-order chi connectivity index (χ1) is 13.1. The highest BCUT2D eigenvalue weighted by Crippen LogP contribution is 2.22. The van der Waals surface area contributed by atoms with Crippen molar-refractivity contribution in [1.29, 1.82) is 0 Å². The summed E-state index contributed by atoms with van der Waals surface area (Å²) in [4.78, 5) is 14.4. The van der Waals surface area contributed by atoms with Crippen molar-refractivity contribution < 1.29 is 17.9 Å². The van der Waals surface area contributed by atoms with Gasteiger partial charge in [-0.05, 0) is 49.9 Å². The average Bonchev–Trinajstić information content (AvgIpc) is 3.12. The summed E-state index contributed by atoms with van der Waals surface area (Å²) in [6.07, 6.45) is 8.46. The van der Waals surface area contributed by atoms with Crippen molar-refractivity contribution in [3.63, 3.8) is 0 Å². The van der Waals surface area contributed by atoms with Gasteiger partial charge in [0.25, 0.3) is 5.91 Å². The molecular formula is C20H30N2O4S. The van der Waals surface area contributed by atoms with E-state index in [9.17, 15) is 13.2 Å². The van der Waals surface area contributed by atoms with E-state index in [1.165, 1.54) is 12.8 Å². The van der Waals surface area contributed by atoms with E-state index in [0.717, 1.165) is 51.6 Å². The summed E-state index contributed by atoms with van der Waals surface area (Å²) in [5.41, 5.74) is 0. The van der Waals surface area contributed by atoms with Crippen LogP contribution in [0.5, 0.6) is 5.75 Å². The van der Waals surface area contributed by atoms with Crippen LogP contribution in [0.2, 0.25) is 0 Å². The predicted molar refractivity (Wildman–Crippen MR) is 104 cm³/mol. The number of rotatable bonds is 5. The van der Waals surface area contributed by atoms with Gasteiger partial charge in [0.15, 0.2) is 6.61 Å². The molecule has 2 aliphatic rings. The lowest BCUT2D eigenvalue weighted by Crippen LogP contribution is -2.35. The molecule has 150 valence electrons. The van der Waals surface area contributed by atoms with Crippen LogP contribution in [0.15, 0.2) is 29.2 Å². The molecule has 0 spiro atoms. The second kappa shape index (κ2) is 9.55. The summed E-state index contributed by atoms with van der Waals surface area (Å²) >= 11 is 0. The van der Waals surface area contributed by atoms with Gasteiger partial charge in [0.1, 0.15) is 5.75 Å². The SMILES string of the molecule is O=C(COc1ccc(S(=O)(=O)N2CCCCCC2)cc1)N1CCCCCC1. The minimum atomic E-state index is -3.45. The van der Waals surface area contributed by atoms with Crippen LogP contribution in [0.1, 0.15) is 51.4 Å². The van der Waals surface area contributed by atoms with Crippen LogP contribution in [0, 0.1) is 0 Å². The number of carbonyl (C=O) groups excluding carboxylic acids is 1. The van der Waals surface area contributed by atoms with Gasteiger partial charge in [0.05, 0.1) is 4.90 Å². The van der Waals surface area contributed by atoms with E-state index in [1.54, 1.807) is 28.6 Å². The predicted octanol–water partition coefficient (Wildman–Crippen LogP) is 3.03. The van der Waals surface area contributed by atoms with E-state index >= 15 is 0 Å². The van der Waals surface area contributed by atoms with Gasteiger partial charge in [0, 0.05) is 26.2 Å². The maximum Gasteiger partial charge on any atom is 0.260 e. The zero-order valence-corrected chi connectivity index (χ0v) is 16.8. The molecule has 7 heteroatoms. The van der Waals surface area contributed by atoms with Crippen LogP contribution in [0.4, 0.5) is 0 Å². The van der Waals surface area contributed by atoms with E-state index in [-0.39, 0.29) is 17.4 Å². The Morgan fingerprint density at radius 3 is 1.89 bits per heavy atom. The highest BCUT2D eigenvalue weighted by Gasteiger charge is 2.25. The fraction of sp³-hybridized carbons (Fsp3) is 0.650. The summed E-state index contributed by atoms with van der Waals surface area (Å²) < 4.78 is 32.7. The molecule has 0 aliphatic carbocycles. The third-order valence-corrected chi connectivity index (χ3v) is 7.26. The lowest BCUT2D eigenvalue weighted by molar-refractivity contribution is -0.133. The molecule has 1 aromatic carbocycles. The molecule has 6 nitrogen and oxygen atoms in total. The normalized spacial score (nSPS) is 19.9. The molecule has 0 saturated carbocycles. The molecule has 2 fully saturated rings. The standard InChI is InChI=1S/C20H30N2O4S/c23-20(21-13-5-1-2-6-14-21)17-26-18-9-11-19(12-10-18)27(24,25)22-15-7-3-4-8-16-22/h9-12H,1-8,13-17H2. The van der Waals surface area contributed by atoms with Crippen molar-refractivity contribution in [3.05, 3.63) is 24.3 Å². The van der Waals surface area contributed by atoms with Gasteiger partial charge in [-0.3, -0.25) is 4.79 Å². The molecule has 0 bridgehead atoms. The fourth-order valence-electron chi connectivity index (χ4n) is 3.70. The lowest BCUT2D eigenvalue weighted by atomic mass is 10.2. The highest BCUT2D eigenvalue weighted by molar-refractivity contribution is 7.89. The van der Waals surface area contributed by atoms with Crippen LogP contribution in [-0.2, 0) is 14.8 Å². The van der Waals surface area contributed by atoms with Gasteiger partial charge < -0.3 is 9.64 Å². The Balaban J connectivity index is 1.57. The second-order valence-corrected chi connectivity index (χ2v) is 9.31. The quantitative estimate of drug-likeness (QED) is 0.770. The molecular weight excluding hydrogens is 364 g/mol. The van der Waals surface area contributed by atoms with Gasteiger partial charge in [-0.25, -0.2) is 8.42 Å². The Morgan fingerprint density at radius 2 is 1.33 bits per heavy atom. The molecule has 2 heterocycles. The van der Waals surface area contributed by atoms with Crippen LogP contribution in [0.3, 0.4) is 0 Å². The largest absolute Gasteiger partial charge is 0.484 e. The number of likely N-dealkylation sites (tertiary alicyclic amines) is 1. The van der Waals surface area contributed by atoms with Crippen molar-refractivity contribution in [2.75, 3.05) is 32.8 Å². The van der Waals surface area contributed by atoms with Crippen molar-refractivity contribution in [2.45, 2.75) is 56.3 Å². The highest BCUT2D eigenvalue weighted by atomic mass is 32.2. The minimum absolute atomic E-state index is 0.00170. The molecule has 0 atom stereocenters. The molecule has 2 saturated heterocycles. The van der Waals surface area contributed by atoms with Crippen molar-refractivity contribution in [2.24, 2.45) is 0 Å². The minimum Gasteiger partial charge on any atom is -0.484 e. The molecule has 0 unspecified atom stereocenters. The first kappa shape index (κ1) is 20.1. The smallest absolute Gasteiger partial charge is 0.260 e. The van der Waals surface area contributed by atoms with Crippen molar-refractivity contribution in [1.82, 2.24) is 9.21 Å². The molecule has 1 amide bonds. The number of carbonyl (C=O) groups is 1. The molecule has 27 heavy (non-hydrogen) atoms. The number of hydrogen-bond donors (Lipinski definition) is 0. The molecule has 0 radical (unpaired) electrons. The number of amides is 1. The summed E-state index contributed by atoms with van der Waals surface area (Å²) in [6.45, 7) is 2.78. The first-order valence-electron chi connectivity index (χ1n) is 10.1. The molecule has 2 aliphatic heterocycles. The van der Waals surface area contributed by atoms with Crippen molar-refractivity contribution in [3.8, 4) is 5.75 Å². The van der Waals surface area contributed by atoms with Crippen LogP contribution >= 0.6 is 0 Å². The molecule has 0 aromatic heterocycles. The Hall–Kier alpha value is -1.60. The van der Waals surface area contributed by atoms with E-state index in [4.69, 9.17) is 4.74 Å². The lowest BCUT2D eigenvalue weighted by Gasteiger charge is -2.21. The van der Waals surface area contributed by atoms with Gasteiger partial charge in [-0.2, -0.15) is 4.31 Å². The summed E-state index contributed by atoms with van der Waals surface area (Å²) in [5, 5.41) is 0. The summed E-state index contributed by atoms with van der Waals surface area (Å²) in [5.74, 6) is 0.520. The van der Waals surface area contributed by atoms with E-state index in [0.29, 0.717) is 18.8 Å². The average molecular weight is 395 g/mol. The number of benzene rings is 1.